The van der Waals surface area contributed by atoms with Crippen LogP contribution in [0.2, 0.25) is 10.0 Å². The number of hydrogen-bond donors (Lipinski definition) is 0. The third-order valence-corrected chi connectivity index (χ3v) is 5.58. The first-order valence-corrected chi connectivity index (χ1v) is 8.45. The van der Waals surface area contributed by atoms with Crippen LogP contribution >= 0.6 is 23.2 Å². The predicted molar refractivity (Wildman–Crippen MR) is 85.0 cm³/mol. The Morgan fingerprint density at radius 3 is 2.57 bits per heavy atom. The average molecular weight is 327 g/mol. The van der Waals surface area contributed by atoms with Gasteiger partial charge in [0.25, 0.3) is 0 Å². The van der Waals surface area contributed by atoms with Gasteiger partial charge >= 0.3 is 0 Å². The van der Waals surface area contributed by atoms with Gasteiger partial charge in [-0.3, -0.25) is 4.79 Å². The molecule has 2 fully saturated rings. The highest BCUT2D eigenvalue weighted by atomic mass is 35.5. The summed E-state index contributed by atoms with van der Waals surface area (Å²) >= 11 is 12.3. The SMILES string of the molecule is O=C(Cc1c(Cl)cccc1Cl)C1CCOC2(CCCC2)C1. The number of hydrogen-bond acceptors (Lipinski definition) is 2. The van der Waals surface area contributed by atoms with Crippen LogP contribution in [0.25, 0.3) is 0 Å². The highest BCUT2D eigenvalue weighted by Gasteiger charge is 2.41. The van der Waals surface area contributed by atoms with Crippen LogP contribution in [0.15, 0.2) is 18.2 Å². The molecule has 0 amide bonds. The van der Waals surface area contributed by atoms with Crippen LogP contribution in [-0.4, -0.2) is 18.0 Å². The minimum absolute atomic E-state index is 0.0249. The third-order valence-electron chi connectivity index (χ3n) is 4.88. The molecule has 21 heavy (non-hydrogen) atoms. The number of Topliss-reactive ketones (excluding diaryl/α,β-unsaturated/α-hetero) is 1. The van der Waals surface area contributed by atoms with E-state index in [-0.39, 0.29) is 17.3 Å². The average Bonchev–Trinajstić information content (AvgIpc) is 2.91. The zero-order chi connectivity index (χ0) is 14.9. The topological polar surface area (TPSA) is 26.3 Å². The molecule has 3 rings (SSSR count). The van der Waals surface area contributed by atoms with E-state index in [2.05, 4.69) is 0 Å². The highest BCUT2D eigenvalue weighted by Crippen LogP contribution is 2.42. The Morgan fingerprint density at radius 1 is 1.24 bits per heavy atom. The first kappa shape index (κ1) is 15.3. The monoisotopic (exact) mass is 326 g/mol. The van der Waals surface area contributed by atoms with Gasteiger partial charge in [0.2, 0.25) is 0 Å². The van der Waals surface area contributed by atoms with Crippen molar-refractivity contribution in [1.82, 2.24) is 0 Å². The number of rotatable bonds is 3. The van der Waals surface area contributed by atoms with Crippen molar-refractivity contribution >= 4 is 29.0 Å². The number of carbonyl (C=O) groups excluding carboxylic acids is 1. The van der Waals surface area contributed by atoms with Gasteiger partial charge in [-0.15, -0.1) is 0 Å². The summed E-state index contributed by atoms with van der Waals surface area (Å²) in [5.41, 5.74) is 0.737. The normalized spacial score (nSPS) is 24.4. The van der Waals surface area contributed by atoms with Gasteiger partial charge in [-0.25, -0.2) is 0 Å². The Bertz CT molecular complexity index is 515. The molecule has 1 spiro atoms. The lowest BCUT2D eigenvalue weighted by Crippen LogP contribution is -2.40. The fraction of sp³-hybridized carbons (Fsp3) is 0.588. The molecular formula is C17H20Cl2O2. The largest absolute Gasteiger partial charge is 0.375 e. The predicted octanol–water partition coefficient (Wildman–Crippen LogP) is 4.84. The molecule has 0 bridgehead atoms. The summed E-state index contributed by atoms with van der Waals surface area (Å²) in [5, 5.41) is 1.16. The van der Waals surface area contributed by atoms with Crippen molar-refractivity contribution in [3.63, 3.8) is 0 Å². The maximum absolute atomic E-state index is 12.6. The van der Waals surface area contributed by atoms with Crippen molar-refractivity contribution in [3.05, 3.63) is 33.8 Å². The Morgan fingerprint density at radius 2 is 1.90 bits per heavy atom. The lowest BCUT2D eigenvalue weighted by molar-refractivity contribution is -0.135. The van der Waals surface area contributed by atoms with E-state index in [9.17, 15) is 4.79 Å². The second-order valence-electron chi connectivity index (χ2n) is 6.27. The smallest absolute Gasteiger partial charge is 0.140 e. The Balaban J connectivity index is 1.70. The lowest BCUT2D eigenvalue weighted by atomic mass is 9.81. The molecule has 1 aromatic carbocycles. The van der Waals surface area contributed by atoms with Crippen LogP contribution in [0.3, 0.4) is 0 Å². The Kier molecular flexibility index (Phi) is 4.58. The van der Waals surface area contributed by atoms with Crippen LogP contribution in [0.5, 0.6) is 0 Å². The van der Waals surface area contributed by atoms with Crippen molar-refractivity contribution in [1.29, 1.82) is 0 Å². The minimum atomic E-state index is -0.0249. The third kappa shape index (κ3) is 3.28. The molecule has 1 aliphatic heterocycles. The second-order valence-corrected chi connectivity index (χ2v) is 7.09. The van der Waals surface area contributed by atoms with Crippen LogP contribution in [0, 0.1) is 5.92 Å². The number of benzene rings is 1. The van der Waals surface area contributed by atoms with E-state index < -0.39 is 0 Å². The molecule has 2 nitrogen and oxygen atoms in total. The van der Waals surface area contributed by atoms with E-state index in [1.807, 2.05) is 0 Å². The van der Waals surface area contributed by atoms with Crippen LogP contribution in [0.4, 0.5) is 0 Å². The summed E-state index contributed by atoms with van der Waals surface area (Å²) in [6, 6.07) is 5.39. The van der Waals surface area contributed by atoms with Crippen LogP contribution in [-0.2, 0) is 16.0 Å². The summed E-state index contributed by atoms with van der Waals surface area (Å²) in [4.78, 5) is 12.6. The van der Waals surface area contributed by atoms with Crippen molar-refractivity contribution in [2.45, 2.75) is 50.5 Å². The molecule has 4 heteroatoms. The van der Waals surface area contributed by atoms with Gasteiger partial charge in [0.05, 0.1) is 5.60 Å². The molecule has 1 saturated heterocycles. The van der Waals surface area contributed by atoms with Crippen molar-refractivity contribution in [2.24, 2.45) is 5.92 Å². The molecule has 2 aliphatic rings. The fourth-order valence-electron chi connectivity index (χ4n) is 3.69. The van der Waals surface area contributed by atoms with Gasteiger partial charge in [0, 0.05) is 29.0 Å². The molecule has 1 aliphatic carbocycles. The molecule has 1 unspecified atom stereocenters. The van der Waals surface area contributed by atoms with Crippen molar-refractivity contribution < 1.29 is 9.53 Å². The highest BCUT2D eigenvalue weighted by molar-refractivity contribution is 6.36. The molecule has 0 aromatic heterocycles. The van der Waals surface area contributed by atoms with E-state index in [0.717, 1.165) is 31.2 Å². The molecular weight excluding hydrogens is 307 g/mol. The first-order valence-electron chi connectivity index (χ1n) is 7.69. The van der Waals surface area contributed by atoms with E-state index in [0.29, 0.717) is 23.1 Å². The summed E-state index contributed by atoms with van der Waals surface area (Å²) < 4.78 is 6.00. The van der Waals surface area contributed by atoms with E-state index in [4.69, 9.17) is 27.9 Å². The van der Waals surface area contributed by atoms with Crippen molar-refractivity contribution in [2.75, 3.05) is 6.61 Å². The lowest BCUT2D eigenvalue weighted by Gasteiger charge is -2.37. The zero-order valence-electron chi connectivity index (χ0n) is 12.0. The van der Waals surface area contributed by atoms with Crippen molar-refractivity contribution in [3.8, 4) is 0 Å². The summed E-state index contributed by atoms with van der Waals surface area (Å²) in [6.45, 7) is 0.701. The standard InChI is InChI=1S/C17H20Cl2O2/c18-14-4-3-5-15(19)13(14)10-16(20)12-6-9-21-17(11-12)7-1-2-8-17/h3-5,12H,1-2,6-11H2. The first-order chi connectivity index (χ1) is 10.1. The van der Waals surface area contributed by atoms with Crippen LogP contribution in [0.1, 0.15) is 44.1 Å². The number of ketones is 1. The van der Waals surface area contributed by atoms with Crippen LogP contribution < -0.4 is 0 Å². The minimum Gasteiger partial charge on any atom is -0.375 e. The molecule has 0 radical (unpaired) electrons. The number of carbonyl (C=O) groups is 1. The maximum atomic E-state index is 12.6. The second kappa shape index (κ2) is 6.28. The van der Waals surface area contributed by atoms with E-state index >= 15 is 0 Å². The molecule has 1 heterocycles. The zero-order valence-corrected chi connectivity index (χ0v) is 13.6. The summed E-state index contributed by atoms with van der Waals surface area (Å²) in [5.74, 6) is 0.337. The molecule has 0 N–H and O–H groups in total. The molecule has 1 saturated carbocycles. The fourth-order valence-corrected chi connectivity index (χ4v) is 4.22. The number of ether oxygens (including phenoxy) is 1. The van der Waals surface area contributed by atoms with Gasteiger partial charge in [0.1, 0.15) is 5.78 Å². The number of halogens is 2. The molecule has 1 atom stereocenters. The summed E-state index contributed by atoms with van der Waals surface area (Å²) in [7, 11) is 0. The van der Waals surface area contributed by atoms with Gasteiger partial charge in [-0.2, -0.15) is 0 Å². The quantitative estimate of drug-likeness (QED) is 0.794. The van der Waals surface area contributed by atoms with Gasteiger partial charge < -0.3 is 4.74 Å². The Hall–Kier alpha value is -0.570. The van der Waals surface area contributed by atoms with E-state index in [1.165, 1.54) is 12.8 Å². The summed E-state index contributed by atoms with van der Waals surface area (Å²) in [6.07, 6.45) is 6.66. The van der Waals surface area contributed by atoms with Gasteiger partial charge in [-0.05, 0) is 43.4 Å². The van der Waals surface area contributed by atoms with E-state index in [1.54, 1.807) is 18.2 Å². The van der Waals surface area contributed by atoms with Gasteiger partial charge in [-0.1, -0.05) is 42.1 Å². The molecule has 1 aromatic rings. The Labute approximate surface area is 135 Å². The van der Waals surface area contributed by atoms with Gasteiger partial charge in [0.15, 0.2) is 0 Å². The maximum Gasteiger partial charge on any atom is 0.140 e. The molecule has 114 valence electrons.